The van der Waals surface area contributed by atoms with E-state index in [0.29, 0.717) is 5.69 Å². The van der Waals surface area contributed by atoms with Gasteiger partial charge in [-0.3, -0.25) is 4.52 Å². The smallest absolute Gasteiger partial charge is 0.445 e. The average Bonchev–Trinajstić information content (AvgIpc) is 2.95. The summed E-state index contributed by atoms with van der Waals surface area (Å²) in [6.45, 7) is 0. The number of nitrogens with zero attached hydrogens (tertiary/aromatic N) is 2. The zero-order valence-electron chi connectivity index (χ0n) is 11.8. The van der Waals surface area contributed by atoms with E-state index in [1.54, 1.807) is 11.5 Å². The zero-order chi connectivity index (χ0) is 15.1. The van der Waals surface area contributed by atoms with Crippen molar-refractivity contribution in [1.82, 2.24) is 9.56 Å². The Hall–Kier alpha value is -3.08. The third kappa shape index (κ3) is 1.79. The van der Waals surface area contributed by atoms with Crippen molar-refractivity contribution in [3.63, 3.8) is 0 Å². The molecule has 4 aromatic rings. The highest BCUT2D eigenvalue weighted by molar-refractivity contribution is 5.92. The number of aromatic nitrogens is 2. The van der Waals surface area contributed by atoms with Crippen molar-refractivity contribution in [2.24, 2.45) is 0 Å². The second kappa shape index (κ2) is 4.73. The summed E-state index contributed by atoms with van der Waals surface area (Å²) in [5, 5.41) is 4.95. The lowest BCUT2D eigenvalue weighted by Crippen LogP contribution is -2.12. The molecule has 2 aromatic heterocycles. The Balaban J connectivity index is 2.05. The van der Waals surface area contributed by atoms with E-state index in [1.165, 1.54) is 0 Å². The molecule has 108 valence electrons. The van der Waals surface area contributed by atoms with Crippen LogP contribution in [0.1, 0.15) is 0 Å². The van der Waals surface area contributed by atoms with Crippen molar-refractivity contribution < 1.29 is 9.26 Å². The number of rotatable bonds is 2. The van der Waals surface area contributed by atoms with E-state index in [2.05, 4.69) is 5.16 Å². The average molecular weight is 292 g/mol. The Morgan fingerprint density at radius 2 is 1.82 bits per heavy atom. The van der Waals surface area contributed by atoms with Crippen LogP contribution < -0.4 is 10.5 Å². The largest absolute Gasteiger partial charge is 0.497 e. The van der Waals surface area contributed by atoms with Gasteiger partial charge in [0.05, 0.1) is 18.1 Å². The highest BCUT2D eigenvalue weighted by atomic mass is 16.5. The molecule has 0 N–H and O–H groups in total. The van der Waals surface area contributed by atoms with E-state index in [4.69, 9.17) is 9.26 Å². The Kier molecular flexibility index (Phi) is 2.72. The molecule has 0 saturated carbocycles. The standard InChI is InChI=1S/C17H12N2O3/c1-21-13-8-6-11(7-9-13)16-15-10-12-4-2-3-5-14(12)19(15)17(20)22-18-16/h2-10H,1H3. The molecule has 4 rings (SSSR count). The van der Waals surface area contributed by atoms with Crippen LogP contribution in [0.5, 0.6) is 5.75 Å². The third-order valence-electron chi connectivity index (χ3n) is 3.71. The summed E-state index contributed by atoms with van der Waals surface area (Å²) in [4.78, 5) is 12.1. The molecule has 0 spiro atoms. The second-order valence-electron chi connectivity index (χ2n) is 4.95. The summed E-state index contributed by atoms with van der Waals surface area (Å²) < 4.78 is 11.7. The summed E-state index contributed by atoms with van der Waals surface area (Å²) in [7, 11) is 1.62. The molecule has 0 radical (unpaired) electrons. The van der Waals surface area contributed by atoms with E-state index in [9.17, 15) is 4.79 Å². The van der Waals surface area contributed by atoms with Crippen LogP contribution in [0.3, 0.4) is 0 Å². The Morgan fingerprint density at radius 3 is 2.59 bits per heavy atom. The molecular formula is C17H12N2O3. The van der Waals surface area contributed by atoms with Crippen LogP contribution >= 0.6 is 0 Å². The summed E-state index contributed by atoms with van der Waals surface area (Å²) in [5.74, 6) is 0.270. The first-order chi connectivity index (χ1) is 10.8. The van der Waals surface area contributed by atoms with Crippen molar-refractivity contribution in [2.75, 3.05) is 7.11 Å². The fraction of sp³-hybridized carbons (Fsp3) is 0.0588. The Labute approximate surface area is 125 Å². The van der Waals surface area contributed by atoms with Gasteiger partial charge < -0.3 is 4.74 Å². The molecule has 0 unspecified atom stereocenters. The van der Waals surface area contributed by atoms with Crippen LogP contribution in [-0.2, 0) is 0 Å². The summed E-state index contributed by atoms with van der Waals surface area (Å²) in [5.41, 5.74) is 3.02. The Bertz CT molecular complexity index is 1030. The molecule has 5 nitrogen and oxygen atoms in total. The quantitative estimate of drug-likeness (QED) is 0.569. The summed E-state index contributed by atoms with van der Waals surface area (Å²) in [6, 6.07) is 17.1. The van der Waals surface area contributed by atoms with Crippen LogP contribution in [0.15, 0.2) is 63.9 Å². The normalized spacial score (nSPS) is 11.1. The van der Waals surface area contributed by atoms with Crippen LogP contribution in [-0.4, -0.2) is 16.7 Å². The molecule has 0 aliphatic carbocycles. The highest BCUT2D eigenvalue weighted by Crippen LogP contribution is 2.27. The maximum atomic E-state index is 12.1. The molecule has 22 heavy (non-hydrogen) atoms. The van der Waals surface area contributed by atoms with Crippen molar-refractivity contribution in [3.05, 3.63) is 65.1 Å². The van der Waals surface area contributed by atoms with E-state index in [1.807, 2.05) is 54.6 Å². The first kappa shape index (κ1) is 12.6. The fourth-order valence-electron chi connectivity index (χ4n) is 2.65. The molecule has 0 aliphatic heterocycles. The minimum atomic E-state index is -0.492. The van der Waals surface area contributed by atoms with Crippen molar-refractivity contribution in [3.8, 4) is 17.0 Å². The first-order valence-corrected chi connectivity index (χ1v) is 6.82. The van der Waals surface area contributed by atoms with Crippen LogP contribution in [0.2, 0.25) is 0 Å². The molecule has 0 atom stereocenters. The van der Waals surface area contributed by atoms with Crippen LogP contribution in [0.4, 0.5) is 0 Å². The van der Waals surface area contributed by atoms with E-state index in [-0.39, 0.29) is 0 Å². The second-order valence-corrected chi connectivity index (χ2v) is 4.95. The number of hydrogen-bond acceptors (Lipinski definition) is 4. The molecule has 2 heterocycles. The third-order valence-corrected chi connectivity index (χ3v) is 3.71. The van der Waals surface area contributed by atoms with E-state index in [0.717, 1.165) is 27.7 Å². The summed E-state index contributed by atoms with van der Waals surface area (Å²) in [6.07, 6.45) is 0. The lowest BCUT2D eigenvalue weighted by Gasteiger charge is -2.04. The van der Waals surface area contributed by atoms with Crippen LogP contribution in [0.25, 0.3) is 27.7 Å². The van der Waals surface area contributed by atoms with Gasteiger partial charge in [0.2, 0.25) is 0 Å². The number of para-hydroxylation sites is 1. The van der Waals surface area contributed by atoms with Gasteiger partial charge in [0, 0.05) is 10.9 Å². The number of ether oxygens (including phenoxy) is 1. The first-order valence-electron chi connectivity index (χ1n) is 6.82. The number of fused-ring (bicyclic) bond motifs is 3. The van der Waals surface area contributed by atoms with Crippen molar-refractivity contribution in [2.45, 2.75) is 0 Å². The van der Waals surface area contributed by atoms with Crippen LogP contribution in [0, 0.1) is 0 Å². The van der Waals surface area contributed by atoms with Gasteiger partial charge in [0.1, 0.15) is 11.4 Å². The van der Waals surface area contributed by atoms with Crippen molar-refractivity contribution >= 4 is 16.4 Å². The lowest BCUT2D eigenvalue weighted by atomic mass is 10.1. The monoisotopic (exact) mass is 292 g/mol. The molecule has 0 aliphatic rings. The molecule has 0 amide bonds. The Morgan fingerprint density at radius 1 is 1.05 bits per heavy atom. The topological polar surface area (TPSA) is 56.7 Å². The molecule has 0 saturated heterocycles. The highest BCUT2D eigenvalue weighted by Gasteiger charge is 2.13. The number of methoxy groups -OCH3 is 1. The predicted octanol–water partition coefficient (Wildman–Crippen LogP) is 3.12. The van der Waals surface area contributed by atoms with Gasteiger partial charge in [0.25, 0.3) is 0 Å². The van der Waals surface area contributed by atoms with Crippen molar-refractivity contribution in [1.29, 1.82) is 0 Å². The SMILES string of the molecule is COc1ccc(-c2noc(=O)n3c2cc2ccccc23)cc1. The van der Waals surface area contributed by atoms with Gasteiger partial charge in [-0.2, -0.15) is 0 Å². The minimum Gasteiger partial charge on any atom is -0.497 e. The van der Waals surface area contributed by atoms with Gasteiger partial charge in [-0.05, 0) is 36.4 Å². The van der Waals surface area contributed by atoms with Gasteiger partial charge in [-0.15, -0.1) is 0 Å². The maximum absolute atomic E-state index is 12.1. The lowest BCUT2D eigenvalue weighted by molar-refractivity contribution is 0.352. The predicted molar refractivity (Wildman–Crippen MR) is 83.2 cm³/mol. The number of hydrogen-bond donors (Lipinski definition) is 0. The van der Waals surface area contributed by atoms with E-state index >= 15 is 0 Å². The fourth-order valence-corrected chi connectivity index (χ4v) is 2.65. The zero-order valence-corrected chi connectivity index (χ0v) is 11.8. The maximum Gasteiger partial charge on any atom is 0.445 e. The molecule has 2 aromatic carbocycles. The molecular weight excluding hydrogens is 280 g/mol. The summed E-state index contributed by atoms with van der Waals surface area (Å²) >= 11 is 0. The number of benzene rings is 2. The molecule has 5 heteroatoms. The molecule has 0 fully saturated rings. The van der Waals surface area contributed by atoms with Gasteiger partial charge in [-0.1, -0.05) is 23.4 Å². The minimum absolute atomic E-state index is 0.492. The van der Waals surface area contributed by atoms with Gasteiger partial charge >= 0.3 is 5.76 Å². The van der Waals surface area contributed by atoms with Gasteiger partial charge in [0.15, 0.2) is 0 Å². The van der Waals surface area contributed by atoms with E-state index < -0.39 is 5.76 Å². The van der Waals surface area contributed by atoms with Gasteiger partial charge in [-0.25, -0.2) is 9.20 Å². The molecule has 0 bridgehead atoms.